The van der Waals surface area contributed by atoms with Crippen molar-refractivity contribution in [1.82, 2.24) is 0 Å². The Morgan fingerprint density at radius 1 is 1.29 bits per heavy atom. The molecule has 1 aromatic carbocycles. The predicted octanol–water partition coefficient (Wildman–Crippen LogP) is 4.03. The first-order valence-electron chi connectivity index (χ1n) is 5.54. The second-order valence-corrected chi connectivity index (χ2v) is 7.53. The molecule has 0 aliphatic rings. The largest absolute Gasteiger partial charge is 0.224 e. The van der Waals surface area contributed by atoms with Crippen molar-refractivity contribution in [3.05, 3.63) is 28.7 Å². The SMILES string of the molecule is CCCC(CBr)CS(=O)(=O)c1ccccc1Br. The standard InChI is InChI=1S/C12H16Br2O2S/c1-2-5-10(8-13)9-17(15,16)12-7-4-3-6-11(12)14/h3-4,6-7,10H,2,5,8-9H2,1H3. The van der Waals surface area contributed by atoms with Crippen molar-refractivity contribution in [2.45, 2.75) is 24.7 Å². The number of alkyl halides is 1. The van der Waals surface area contributed by atoms with Gasteiger partial charge in [-0.05, 0) is 40.4 Å². The summed E-state index contributed by atoms with van der Waals surface area (Å²) in [5, 5.41) is 0.727. The molecule has 0 aliphatic carbocycles. The van der Waals surface area contributed by atoms with Gasteiger partial charge in [0.25, 0.3) is 0 Å². The first kappa shape index (κ1) is 15.2. The van der Waals surface area contributed by atoms with Crippen LogP contribution in [0.4, 0.5) is 0 Å². The minimum atomic E-state index is -3.20. The summed E-state index contributed by atoms with van der Waals surface area (Å²) in [7, 11) is -3.20. The minimum absolute atomic E-state index is 0.178. The van der Waals surface area contributed by atoms with Gasteiger partial charge in [-0.3, -0.25) is 0 Å². The topological polar surface area (TPSA) is 34.1 Å². The fraction of sp³-hybridized carbons (Fsp3) is 0.500. The zero-order valence-corrected chi connectivity index (χ0v) is 13.7. The molecule has 1 unspecified atom stereocenters. The summed E-state index contributed by atoms with van der Waals surface area (Å²) in [5.41, 5.74) is 0. The molecule has 0 aromatic heterocycles. The lowest BCUT2D eigenvalue weighted by Gasteiger charge is -2.14. The number of halogens is 2. The normalized spacial score (nSPS) is 13.6. The van der Waals surface area contributed by atoms with E-state index >= 15 is 0 Å². The van der Waals surface area contributed by atoms with Crippen LogP contribution in [0.25, 0.3) is 0 Å². The van der Waals surface area contributed by atoms with Gasteiger partial charge in [-0.1, -0.05) is 41.4 Å². The van der Waals surface area contributed by atoms with Gasteiger partial charge in [0.05, 0.1) is 10.6 Å². The van der Waals surface area contributed by atoms with Gasteiger partial charge >= 0.3 is 0 Å². The molecule has 1 atom stereocenters. The van der Waals surface area contributed by atoms with Crippen LogP contribution in [0, 0.1) is 5.92 Å². The molecular formula is C12H16Br2O2S. The van der Waals surface area contributed by atoms with Crippen LogP contribution in [-0.2, 0) is 9.84 Å². The average molecular weight is 384 g/mol. The van der Waals surface area contributed by atoms with Crippen molar-refractivity contribution in [1.29, 1.82) is 0 Å². The Morgan fingerprint density at radius 3 is 2.47 bits per heavy atom. The van der Waals surface area contributed by atoms with Crippen LogP contribution in [0.3, 0.4) is 0 Å². The molecule has 0 heterocycles. The molecule has 0 aliphatic heterocycles. The summed E-state index contributed by atoms with van der Waals surface area (Å²) in [6, 6.07) is 6.98. The summed E-state index contributed by atoms with van der Waals surface area (Å²) < 4.78 is 25.1. The van der Waals surface area contributed by atoms with E-state index in [0.717, 1.165) is 18.2 Å². The number of sulfone groups is 1. The maximum atomic E-state index is 12.2. The van der Waals surface area contributed by atoms with Gasteiger partial charge in [0.1, 0.15) is 0 Å². The van der Waals surface area contributed by atoms with Crippen LogP contribution in [0.15, 0.2) is 33.6 Å². The lowest BCUT2D eigenvalue weighted by atomic mass is 10.1. The van der Waals surface area contributed by atoms with E-state index in [9.17, 15) is 8.42 Å². The summed E-state index contributed by atoms with van der Waals surface area (Å²) >= 11 is 6.68. The molecule has 0 fully saturated rings. The third kappa shape index (κ3) is 4.38. The highest BCUT2D eigenvalue weighted by Crippen LogP contribution is 2.25. The van der Waals surface area contributed by atoms with Gasteiger partial charge in [-0.2, -0.15) is 0 Å². The van der Waals surface area contributed by atoms with Gasteiger partial charge in [-0.25, -0.2) is 8.42 Å². The third-order valence-corrected chi connectivity index (χ3v) is 6.35. The van der Waals surface area contributed by atoms with E-state index < -0.39 is 9.84 Å². The summed E-state index contributed by atoms with van der Waals surface area (Å²) in [6.45, 7) is 2.07. The van der Waals surface area contributed by atoms with Gasteiger partial charge in [0.2, 0.25) is 0 Å². The monoisotopic (exact) mass is 382 g/mol. The summed E-state index contributed by atoms with van der Waals surface area (Å²) in [4.78, 5) is 0.391. The molecule has 0 saturated carbocycles. The highest BCUT2D eigenvalue weighted by molar-refractivity contribution is 9.10. The highest BCUT2D eigenvalue weighted by atomic mass is 79.9. The van der Waals surface area contributed by atoms with Crippen molar-refractivity contribution in [3.8, 4) is 0 Å². The summed E-state index contributed by atoms with van der Waals surface area (Å²) in [5.74, 6) is 0.381. The first-order chi connectivity index (χ1) is 8.01. The van der Waals surface area contributed by atoms with E-state index in [-0.39, 0.29) is 11.7 Å². The number of rotatable bonds is 6. The smallest absolute Gasteiger partial charge is 0.179 e. The van der Waals surface area contributed by atoms with Gasteiger partial charge < -0.3 is 0 Å². The van der Waals surface area contributed by atoms with E-state index in [1.165, 1.54) is 0 Å². The second-order valence-electron chi connectivity index (χ2n) is 4.02. The van der Waals surface area contributed by atoms with Gasteiger partial charge in [0.15, 0.2) is 9.84 Å². The molecule has 17 heavy (non-hydrogen) atoms. The maximum absolute atomic E-state index is 12.2. The summed E-state index contributed by atoms with van der Waals surface area (Å²) in [6.07, 6.45) is 1.93. The highest BCUT2D eigenvalue weighted by Gasteiger charge is 2.21. The molecule has 0 bridgehead atoms. The van der Waals surface area contributed by atoms with Gasteiger partial charge in [0, 0.05) is 9.80 Å². The Labute approximate surface area is 120 Å². The minimum Gasteiger partial charge on any atom is -0.224 e. The van der Waals surface area contributed by atoms with E-state index in [1.807, 2.05) is 6.07 Å². The van der Waals surface area contributed by atoms with Crippen molar-refractivity contribution in [2.24, 2.45) is 5.92 Å². The van der Waals surface area contributed by atoms with E-state index in [1.54, 1.807) is 18.2 Å². The van der Waals surface area contributed by atoms with Crippen molar-refractivity contribution >= 4 is 41.7 Å². The van der Waals surface area contributed by atoms with Crippen LogP contribution in [-0.4, -0.2) is 19.5 Å². The predicted molar refractivity (Wildman–Crippen MR) is 78.4 cm³/mol. The molecular weight excluding hydrogens is 368 g/mol. The lowest BCUT2D eigenvalue weighted by molar-refractivity contribution is 0.551. The Bertz CT molecular complexity index is 457. The van der Waals surface area contributed by atoms with Crippen LogP contribution >= 0.6 is 31.9 Å². The number of hydrogen-bond acceptors (Lipinski definition) is 2. The van der Waals surface area contributed by atoms with Crippen molar-refractivity contribution in [3.63, 3.8) is 0 Å². The Morgan fingerprint density at radius 2 is 1.94 bits per heavy atom. The van der Waals surface area contributed by atoms with E-state index in [0.29, 0.717) is 9.37 Å². The Balaban J connectivity index is 2.92. The molecule has 0 spiro atoms. The Hall–Kier alpha value is 0.130. The molecule has 0 radical (unpaired) electrons. The Kier molecular flexibility index (Phi) is 6.17. The van der Waals surface area contributed by atoms with Crippen LogP contribution in [0.2, 0.25) is 0 Å². The zero-order valence-electron chi connectivity index (χ0n) is 9.70. The first-order valence-corrected chi connectivity index (χ1v) is 9.11. The molecule has 1 rings (SSSR count). The van der Waals surface area contributed by atoms with E-state index in [2.05, 4.69) is 38.8 Å². The van der Waals surface area contributed by atoms with Crippen molar-refractivity contribution < 1.29 is 8.42 Å². The molecule has 5 heteroatoms. The molecule has 0 saturated heterocycles. The fourth-order valence-electron chi connectivity index (χ4n) is 1.71. The second kappa shape index (κ2) is 6.90. The average Bonchev–Trinajstić information content (AvgIpc) is 2.28. The fourth-order valence-corrected chi connectivity index (χ4v) is 5.33. The van der Waals surface area contributed by atoms with E-state index in [4.69, 9.17) is 0 Å². The molecule has 0 amide bonds. The lowest BCUT2D eigenvalue weighted by Crippen LogP contribution is -2.18. The number of hydrogen-bond donors (Lipinski definition) is 0. The van der Waals surface area contributed by atoms with Crippen LogP contribution in [0.5, 0.6) is 0 Å². The van der Waals surface area contributed by atoms with Crippen LogP contribution < -0.4 is 0 Å². The van der Waals surface area contributed by atoms with Gasteiger partial charge in [-0.15, -0.1) is 0 Å². The number of benzene rings is 1. The molecule has 1 aromatic rings. The molecule has 0 N–H and O–H groups in total. The van der Waals surface area contributed by atoms with Crippen LogP contribution in [0.1, 0.15) is 19.8 Å². The molecule has 96 valence electrons. The van der Waals surface area contributed by atoms with Crippen molar-refractivity contribution in [2.75, 3.05) is 11.1 Å². The third-order valence-electron chi connectivity index (χ3n) is 2.54. The quantitative estimate of drug-likeness (QED) is 0.694. The molecule has 2 nitrogen and oxygen atoms in total. The maximum Gasteiger partial charge on any atom is 0.179 e. The zero-order chi connectivity index (χ0) is 12.9.